The second-order valence-corrected chi connectivity index (χ2v) is 5.69. The van der Waals surface area contributed by atoms with Crippen molar-refractivity contribution in [2.24, 2.45) is 0 Å². The molecule has 0 aliphatic carbocycles. The standard InChI is InChI=1S/C14H17Cl2NO4/c15-12-4-3-10(8-13(12)16)20-7-6-17-5-1-2-11(9-17)21-14(18)19/h3-4,8,11H,1-2,5-7,9H2,(H,18,19). The predicted molar refractivity (Wildman–Crippen MR) is 80.5 cm³/mol. The van der Waals surface area contributed by atoms with Crippen LogP contribution in [0.15, 0.2) is 18.2 Å². The maximum Gasteiger partial charge on any atom is 0.506 e. The van der Waals surface area contributed by atoms with E-state index in [-0.39, 0.29) is 6.10 Å². The van der Waals surface area contributed by atoms with Crippen molar-refractivity contribution in [2.45, 2.75) is 18.9 Å². The Morgan fingerprint density at radius 1 is 1.38 bits per heavy atom. The minimum Gasteiger partial charge on any atom is -0.492 e. The van der Waals surface area contributed by atoms with Crippen LogP contribution in [0.3, 0.4) is 0 Å². The van der Waals surface area contributed by atoms with E-state index in [4.69, 9.17) is 37.8 Å². The number of ether oxygens (including phenoxy) is 2. The summed E-state index contributed by atoms with van der Waals surface area (Å²) < 4.78 is 10.4. The fraction of sp³-hybridized carbons (Fsp3) is 0.500. The molecule has 1 aliphatic rings. The Labute approximate surface area is 133 Å². The van der Waals surface area contributed by atoms with Crippen LogP contribution in [-0.2, 0) is 4.74 Å². The largest absolute Gasteiger partial charge is 0.506 e. The number of halogens is 2. The van der Waals surface area contributed by atoms with Crippen LogP contribution < -0.4 is 4.74 Å². The van der Waals surface area contributed by atoms with E-state index < -0.39 is 6.16 Å². The molecule has 116 valence electrons. The predicted octanol–water partition coefficient (Wildman–Crippen LogP) is 3.53. The molecule has 1 unspecified atom stereocenters. The molecule has 7 heteroatoms. The Balaban J connectivity index is 1.75. The van der Waals surface area contributed by atoms with Gasteiger partial charge >= 0.3 is 6.16 Å². The van der Waals surface area contributed by atoms with Crippen LogP contribution in [0.1, 0.15) is 12.8 Å². The van der Waals surface area contributed by atoms with E-state index >= 15 is 0 Å². The molecule has 1 N–H and O–H groups in total. The molecule has 21 heavy (non-hydrogen) atoms. The van der Waals surface area contributed by atoms with Gasteiger partial charge < -0.3 is 14.6 Å². The summed E-state index contributed by atoms with van der Waals surface area (Å²) in [7, 11) is 0. The van der Waals surface area contributed by atoms with Gasteiger partial charge in [0.25, 0.3) is 0 Å². The number of hydrogen-bond acceptors (Lipinski definition) is 4. The Morgan fingerprint density at radius 3 is 2.90 bits per heavy atom. The van der Waals surface area contributed by atoms with Gasteiger partial charge in [0, 0.05) is 19.2 Å². The Bertz CT molecular complexity index is 498. The lowest BCUT2D eigenvalue weighted by atomic mass is 10.1. The van der Waals surface area contributed by atoms with Crippen LogP contribution in [0, 0.1) is 0 Å². The first-order valence-corrected chi connectivity index (χ1v) is 7.50. The van der Waals surface area contributed by atoms with Crippen LogP contribution in [0.2, 0.25) is 10.0 Å². The molecular formula is C14H17Cl2NO4. The Morgan fingerprint density at radius 2 is 2.19 bits per heavy atom. The second kappa shape index (κ2) is 7.73. The maximum absolute atomic E-state index is 10.5. The SMILES string of the molecule is O=C(O)OC1CCCN(CCOc2ccc(Cl)c(Cl)c2)C1. The van der Waals surface area contributed by atoms with E-state index in [9.17, 15) is 4.79 Å². The molecule has 0 spiro atoms. The topological polar surface area (TPSA) is 59.0 Å². The van der Waals surface area contributed by atoms with Gasteiger partial charge in [-0.15, -0.1) is 0 Å². The third-order valence-corrected chi connectivity index (χ3v) is 4.04. The van der Waals surface area contributed by atoms with Crippen LogP contribution in [0.25, 0.3) is 0 Å². The molecule has 1 saturated heterocycles. The van der Waals surface area contributed by atoms with Crippen molar-refractivity contribution in [1.82, 2.24) is 4.90 Å². The van der Waals surface area contributed by atoms with Gasteiger partial charge in [-0.05, 0) is 31.5 Å². The van der Waals surface area contributed by atoms with Crippen molar-refractivity contribution in [1.29, 1.82) is 0 Å². The molecular weight excluding hydrogens is 317 g/mol. The molecule has 2 rings (SSSR count). The summed E-state index contributed by atoms with van der Waals surface area (Å²) in [5.74, 6) is 0.666. The van der Waals surface area contributed by atoms with Crippen molar-refractivity contribution in [2.75, 3.05) is 26.2 Å². The van der Waals surface area contributed by atoms with Gasteiger partial charge in [-0.1, -0.05) is 23.2 Å². The van der Waals surface area contributed by atoms with Crippen molar-refractivity contribution < 1.29 is 19.4 Å². The van der Waals surface area contributed by atoms with Gasteiger partial charge in [-0.3, -0.25) is 4.90 Å². The lowest BCUT2D eigenvalue weighted by molar-refractivity contribution is 0.0111. The fourth-order valence-electron chi connectivity index (χ4n) is 2.31. The normalized spacial score (nSPS) is 19.2. The summed E-state index contributed by atoms with van der Waals surface area (Å²) in [6.07, 6.45) is 0.233. The summed E-state index contributed by atoms with van der Waals surface area (Å²) >= 11 is 11.8. The number of likely N-dealkylation sites (tertiary alicyclic amines) is 1. The molecule has 1 aromatic carbocycles. The van der Waals surface area contributed by atoms with Crippen LogP contribution >= 0.6 is 23.2 Å². The summed E-state index contributed by atoms with van der Waals surface area (Å²) in [5, 5.41) is 9.59. The van der Waals surface area contributed by atoms with Crippen molar-refractivity contribution in [3.8, 4) is 5.75 Å². The third kappa shape index (κ3) is 5.26. The minimum atomic E-state index is -1.21. The van der Waals surface area contributed by atoms with Crippen LogP contribution in [0.4, 0.5) is 4.79 Å². The molecule has 5 nitrogen and oxygen atoms in total. The number of rotatable bonds is 5. The molecule has 1 fully saturated rings. The smallest absolute Gasteiger partial charge is 0.492 e. The number of piperidine rings is 1. The molecule has 0 amide bonds. The van der Waals surface area contributed by atoms with E-state index in [1.165, 1.54) is 0 Å². The highest BCUT2D eigenvalue weighted by atomic mass is 35.5. The second-order valence-electron chi connectivity index (χ2n) is 4.87. The third-order valence-electron chi connectivity index (χ3n) is 3.30. The number of nitrogens with zero attached hydrogens (tertiary/aromatic N) is 1. The van der Waals surface area contributed by atoms with Gasteiger partial charge in [-0.2, -0.15) is 0 Å². The van der Waals surface area contributed by atoms with Crippen LogP contribution in [0.5, 0.6) is 5.75 Å². The zero-order valence-electron chi connectivity index (χ0n) is 11.4. The van der Waals surface area contributed by atoms with Crippen molar-refractivity contribution in [3.63, 3.8) is 0 Å². The zero-order valence-corrected chi connectivity index (χ0v) is 12.9. The van der Waals surface area contributed by atoms with Gasteiger partial charge in [0.15, 0.2) is 0 Å². The van der Waals surface area contributed by atoms with E-state index in [0.717, 1.165) is 19.4 Å². The number of carboxylic acid groups (broad SMARTS) is 1. The zero-order chi connectivity index (χ0) is 15.2. The first-order valence-electron chi connectivity index (χ1n) is 6.74. The first-order chi connectivity index (χ1) is 10.0. The molecule has 1 aromatic rings. The minimum absolute atomic E-state index is 0.249. The van der Waals surface area contributed by atoms with E-state index in [1.807, 2.05) is 0 Å². The molecule has 0 saturated carbocycles. The average Bonchev–Trinajstić information content (AvgIpc) is 2.42. The van der Waals surface area contributed by atoms with E-state index in [1.54, 1.807) is 18.2 Å². The molecule has 1 heterocycles. The molecule has 1 atom stereocenters. The first kappa shape index (κ1) is 16.2. The lowest BCUT2D eigenvalue weighted by Crippen LogP contribution is -2.42. The molecule has 0 aromatic heterocycles. The fourth-order valence-corrected chi connectivity index (χ4v) is 2.60. The van der Waals surface area contributed by atoms with E-state index in [0.29, 0.717) is 35.5 Å². The average molecular weight is 334 g/mol. The highest BCUT2D eigenvalue weighted by Gasteiger charge is 2.22. The molecule has 0 bridgehead atoms. The van der Waals surface area contributed by atoms with Crippen LogP contribution in [-0.4, -0.2) is 48.5 Å². The lowest BCUT2D eigenvalue weighted by Gasteiger charge is -2.31. The summed E-state index contributed by atoms with van der Waals surface area (Å²) in [6, 6.07) is 5.13. The van der Waals surface area contributed by atoms with Crippen molar-refractivity contribution >= 4 is 29.4 Å². The Kier molecular flexibility index (Phi) is 5.96. The maximum atomic E-state index is 10.5. The summed E-state index contributed by atoms with van der Waals surface area (Å²) in [4.78, 5) is 12.7. The number of hydrogen-bond donors (Lipinski definition) is 1. The van der Waals surface area contributed by atoms with Gasteiger partial charge in [-0.25, -0.2) is 4.79 Å². The summed E-state index contributed by atoms with van der Waals surface area (Å²) in [5.41, 5.74) is 0. The van der Waals surface area contributed by atoms with E-state index in [2.05, 4.69) is 4.90 Å². The number of carbonyl (C=O) groups is 1. The number of benzene rings is 1. The Hall–Kier alpha value is -1.17. The van der Waals surface area contributed by atoms with Gasteiger partial charge in [0.05, 0.1) is 10.0 Å². The summed E-state index contributed by atoms with van der Waals surface area (Å²) in [6.45, 7) is 2.73. The molecule has 1 aliphatic heterocycles. The quantitative estimate of drug-likeness (QED) is 0.835. The van der Waals surface area contributed by atoms with Gasteiger partial charge in [0.2, 0.25) is 0 Å². The highest BCUT2D eigenvalue weighted by Crippen LogP contribution is 2.26. The monoisotopic (exact) mass is 333 g/mol. The molecule has 0 radical (unpaired) electrons. The van der Waals surface area contributed by atoms with Crippen molar-refractivity contribution in [3.05, 3.63) is 28.2 Å². The highest BCUT2D eigenvalue weighted by molar-refractivity contribution is 6.42. The van der Waals surface area contributed by atoms with Gasteiger partial charge in [0.1, 0.15) is 18.5 Å².